The van der Waals surface area contributed by atoms with Gasteiger partial charge in [0.2, 0.25) is 0 Å². The van der Waals surface area contributed by atoms with Gasteiger partial charge < -0.3 is 5.73 Å². The minimum absolute atomic E-state index is 0.458. The first-order valence-electron chi connectivity index (χ1n) is 6.22. The Labute approximate surface area is 116 Å². The van der Waals surface area contributed by atoms with E-state index in [1.165, 1.54) is 0 Å². The average molecular weight is 266 g/mol. The van der Waals surface area contributed by atoms with Crippen molar-refractivity contribution in [3.63, 3.8) is 0 Å². The normalized spacial score (nSPS) is 10.7. The molecule has 6 nitrogen and oxygen atoms in total. The van der Waals surface area contributed by atoms with Crippen molar-refractivity contribution in [3.05, 3.63) is 42.0 Å². The van der Waals surface area contributed by atoms with Crippen LogP contribution in [0.3, 0.4) is 0 Å². The number of pyridine rings is 1. The van der Waals surface area contributed by atoms with E-state index in [1.54, 1.807) is 12.4 Å². The zero-order valence-electron chi connectivity index (χ0n) is 11.3. The quantitative estimate of drug-likeness (QED) is 0.741. The maximum absolute atomic E-state index is 6.00. The molecule has 0 aliphatic heterocycles. The second kappa shape index (κ2) is 4.73. The molecule has 0 fully saturated rings. The summed E-state index contributed by atoms with van der Waals surface area (Å²) in [7, 11) is 0. The standard InChI is InChI=1S/C14H14N6/c1-8-7-11(9(2)18-17-8)13-12(14(15)20-19-13)10-3-5-16-6-4-10/h3-7H,1-2H3,(H3,15,19,20). The third-order valence-electron chi connectivity index (χ3n) is 3.13. The van der Waals surface area contributed by atoms with Crippen molar-refractivity contribution < 1.29 is 0 Å². The minimum Gasteiger partial charge on any atom is -0.382 e. The first-order chi connectivity index (χ1) is 9.66. The molecule has 0 saturated carbocycles. The number of aryl methyl sites for hydroxylation is 2. The number of hydrogen-bond acceptors (Lipinski definition) is 5. The molecule has 100 valence electrons. The summed E-state index contributed by atoms with van der Waals surface area (Å²) < 4.78 is 0. The van der Waals surface area contributed by atoms with Gasteiger partial charge in [-0.2, -0.15) is 15.3 Å². The number of hydrogen-bond donors (Lipinski definition) is 2. The molecule has 3 heterocycles. The van der Waals surface area contributed by atoms with Gasteiger partial charge in [0, 0.05) is 18.0 Å². The van der Waals surface area contributed by atoms with Crippen LogP contribution in [0.1, 0.15) is 11.4 Å². The van der Waals surface area contributed by atoms with E-state index in [9.17, 15) is 0 Å². The number of aromatic amines is 1. The summed E-state index contributed by atoms with van der Waals surface area (Å²) in [6, 6.07) is 5.78. The molecule has 0 aromatic carbocycles. The molecule has 0 unspecified atom stereocenters. The molecule has 3 aromatic heterocycles. The summed E-state index contributed by atoms with van der Waals surface area (Å²) in [5.74, 6) is 0.458. The van der Waals surface area contributed by atoms with E-state index in [4.69, 9.17) is 5.73 Å². The number of nitrogens with one attached hydrogen (secondary N) is 1. The number of nitrogens with zero attached hydrogens (tertiary/aromatic N) is 4. The van der Waals surface area contributed by atoms with Gasteiger partial charge in [0.25, 0.3) is 0 Å². The van der Waals surface area contributed by atoms with Gasteiger partial charge >= 0.3 is 0 Å². The molecule has 0 bridgehead atoms. The second-order valence-corrected chi connectivity index (χ2v) is 4.58. The van der Waals surface area contributed by atoms with Crippen molar-refractivity contribution in [1.82, 2.24) is 25.4 Å². The SMILES string of the molecule is Cc1cc(-c2[nH]nc(N)c2-c2ccncc2)c(C)nn1. The molecule has 0 spiro atoms. The van der Waals surface area contributed by atoms with Crippen LogP contribution in [0.15, 0.2) is 30.6 Å². The van der Waals surface area contributed by atoms with Crippen molar-refractivity contribution >= 4 is 5.82 Å². The smallest absolute Gasteiger partial charge is 0.153 e. The second-order valence-electron chi connectivity index (χ2n) is 4.58. The van der Waals surface area contributed by atoms with E-state index in [-0.39, 0.29) is 0 Å². The van der Waals surface area contributed by atoms with E-state index in [2.05, 4.69) is 25.4 Å². The van der Waals surface area contributed by atoms with Crippen molar-refractivity contribution in [2.24, 2.45) is 0 Å². The number of aromatic nitrogens is 5. The average Bonchev–Trinajstić information content (AvgIpc) is 2.84. The predicted molar refractivity (Wildman–Crippen MR) is 76.7 cm³/mol. The molecular formula is C14H14N6. The molecule has 0 atom stereocenters. The molecule has 3 N–H and O–H groups in total. The fourth-order valence-electron chi connectivity index (χ4n) is 2.16. The summed E-state index contributed by atoms with van der Waals surface area (Å²) in [6.07, 6.45) is 3.46. The largest absolute Gasteiger partial charge is 0.382 e. The van der Waals surface area contributed by atoms with E-state index in [1.807, 2.05) is 32.0 Å². The highest BCUT2D eigenvalue weighted by Gasteiger charge is 2.17. The van der Waals surface area contributed by atoms with Crippen LogP contribution in [-0.4, -0.2) is 25.4 Å². The van der Waals surface area contributed by atoms with Crippen molar-refractivity contribution in [1.29, 1.82) is 0 Å². The van der Waals surface area contributed by atoms with Crippen LogP contribution in [-0.2, 0) is 0 Å². The van der Waals surface area contributed by atoms with Gasteiger partial charge in [0.15, 0.2) is 5.82 Å². The van der Waals surface area contributed by atoms with E-state index >= 15 is 0 Å². The van der Waals surface area contributed by atoms with Gasteiger partial charge in [-0.3, -0.25) is 10.1 Å². The van der Waals surface area contributed by atoms with Crippen LogP contribution in [0.2, 0.25) is 0 Å². The highest BCUT2D eigenvalue weighted by atomic mass is 15.2. The zero-order valence-corrected chi connectivity index (χ0v) is 11.3. The van der Waals surface area contributed by atoms with Gasteiger partial charge in [0.05, 0.1) is 22.6 Å². The van der Waals surface area contributed by atoms with Crippen LogP contribution in [0.5, 0.6) is 0 Å². The fraction of sp³-hybridized carbons (Fsp3) is 0.143. The highest BCUT2D eigenvalue weighted by molar-refractivity contribution is 5.88. The van der Waals surface area contributed by atoms with Gasteiger partial charge in [-0.15, -0.1) is 0 Å². The molecule has 0 aliphatic rings. The number of nitrogens with two attached hydrogens (primary N) is 1. The third kappa shape index (κ3) is 2.01. The molecule has 6 heteroatoms. The Kier molecular flexibility index (Phi) is 2.90. The molecule has 3 aromatic rings. The Hall–Kier alpha value is -2.76. The molecule has 0 radical (unpaired) electrons. The van der Waals surface area contributed by atoms with Crippen LogP contribution < -0.4 is 5.73 Å². The first-order valence-corrected chi connectivity index (χ1v) is 6.22. The molecule has 0 saturated heterocycles. The van der Waals surface area contributed by atoms with Crippen LogP contribution in [0.4, 0.5) is 5.82 Å². The number of rotatable bonds is 2. The maximum atomic E-state index is 6.00. The lowest BCUT2D eigenvalue weighted by atomic mass is 10.0. The number of anilines is 1. The van der Waals surface area contributed by atoms with Crippen LogP contribution in [0, 0.1) is 13.8 Å². The lowest BCUT2D eigenvalue weighted by molar-refractivity contribution is 0.940. The summed E-state index contributed by atoms with van der Waals surface area (Å²) >= 11 is 0. The third-order valence-corrected chi connectivity index (χ3v) is 3.13. The summed E-state index contributed by atoms with van der Waals surface area (Å²) in [4.78, 5) is 4.03. The van der Waals surface area contributed by atoms with Crippen molar-refractivity contribution in [2.75, 3.05) is 5.73 Å². The molecule has 20 heavy (non-hydrogen) atoms. The van der Waals surface area contributed by atoms with Gasteiger partial charge in [-0.1, -0.05) is 0 Å². The van der Waals surface area contributed by atoms with Gasteiger partial charge in [-0.05, 0) is 37.6 Å². The van der Waals surface area contributed by atoms with E-state index < -0.39 is 0 Å². The highest BCUT2D eigenvalue weighted by Crippen LogP contribution is 2.35. The number of nitrogen functional groups attached to an aromatic ring is 1. The topological polar surface area (TPSA) is 93.4 Å². The van der Waals surface area contributed by atoms with Crippen LogP contribution in [0.25, 0.3) is 22.4 Å². The zero-order chi connectivity index (χ0) is 14.1. The molecule has 0 amide bonds. The lowest BCUT2D eigenvalue weighted by Crippen LogP contribution is -1.95. The lowest BCUT2D eigenvalue weighted by Gasteiger charge is -2.07. The summed E-state index contributed by atoms with van der Waals surface area (Å²) in [5.41, 5.74) is 11.3. The fourth-order valence-corrected chi connectivity index (χ4v) is 2.16. The van der Waals surface area contributed by atoms with Crippen molar-refractivity contribution in [3.8, 4) is 22.4 Å². The summed E-state index contributed by atoms with van der Waals surface area (Å²) in [5, 5.41) is 15.3. The Bertz CT molecular complexity index is 748. The minimum atomic E-state index is 0.458. The summed E-state index contributed by atoms with van der Waals surface area (Å²) in [6.45, 7) is 3.82. The Balaban J connectivity index is 2.24. The van der Waals surface area contributed by atoms with E-state index in [0.29, 0.717) is 5.82 Å². The van der Waals surface area contributed by atoms with Gasteiger partial charge in [0.1, 0.15) is 0 Å². The van der Waals surface area contributed by atoms with Gasteiger partial charge in [-0.25, -0.2) is 0 Å². The van der Waals surface area contributed by atoms with Crippen LogP contribution >= 0.6 is 0 Å². The van der Waals surface area contributed by atoms with Crippen molar-refractivity contribution in [2.45, 2.75) is 13.8 Å². The predicted octanol–water partition coefficient (Wildman–Crippen LogP) is 2.13. The maximum Gasteiger partial charge on any atom is 0.153 e. The Morgan fingerprint density at radius 2 is 1.85 bits per heavy atom. The molecule has 3 rings (SSSR count). The number of H-pyrrole nitrogens is 1. The monoisotopic (exact) mass is 266 g/mol. The van der Waals surface area contributed by atoms with E-state index in [0.717, 1.165) is 33.8 Å². The first kappa shape index (κ1) is 12.3. The molecule has 0 aliphatic carbocycles. The molecular weight excluding hydrogens is 252 g/mol. The Morgan fingerprint density at radius 1 is 1.10 bits per heavy atom. The Morgan fingerprint density at radius 3 is 2.60 bits per heavy atom.